The molecule has 5 atom stereocenters. The number of ether oxygens (including phenoxy) is 1. The number of allylic oxidation sites excluding steroid dienone is 1. The van der Waals surface area contributed by atoms with Crippen molar-refractivity contribution in [1.82, 2.24) is 4.90 Å². The Bertz CT molecular complexity index is 743. The van der Waals surface area contributed by atoms with E-state index in [0.29, 0.717) is 12.0 Å². The highest BCUT2D eigenvalue weighted by Crippen LogP contribution is 2.61. The van der Waals surface area contributed by atoms with Crippen LogP contribution >= 0.6 is 0 Å². The van der Waals surface area contributed by atoms with E-state index in [0.717, 1.165) is 25.9 Å². The standard InChI is InChI=1S/C20H24N2O2/c1-3-12-11-22-9-8-20-14-6-4-5-7-15(14)21-18(20)17(19(23)24-2)13(12)10-16(20)22/h3-7,13,16-18,21H,8-11H2,1-2H3/b12-3-/t13-,16-,17+,18-,20+/m0/s1. The van der Waals surface area contributed by atoms with Gasteiger partial charge in [0.15, 0.2) is 0 Å². The molecule has 1 aromatic rings. The van der Waals surface area contributed by atoms with Crippen molar-refractivity contribution in [2.45, 2.75) is 37.3 Å². The summed E-state index contributed by atoms with van der Waals surface area (Å²) in [6, 6.07) is 9.34. The number of anilines is 1. The van der Waals surface area contributed by atoms with E-state index >= 15 is 0 Å². The number of para-hydroxylation sites is 1. The van der Waals surface area contributed by atoms with E-state index in [1.54, 1.807) is 0 Å². The second-order valence-corrected chi connectivity index (χ2v) is 7.70. The van der Waals surface area contributed by atoms with Crippen LogP contribution in [0.3, 0.4) is 0 Å². The van der Waals surface area contributed by atoms with Crippen LogP contribution in [-0.2, 0) is 14.9 Å². The number of piperidine rings is 1. The zero-order chi connectivity index (χ0) is 16.5. The summed E-state index contributed by atoms with van der Waals surface area (Å²) < 4.78 is 5.26. The van der Waals surface area contributed by atoms with Gasteiger partial charge in [0.25, 0.3) is 0 Å². The summed E-state index contributed by atoms with van der Waals surface area (Å²) in [5.74, 6) is 0.162. The summed E-state index contributed by atoms with van der Waals surface area (Å²) >= 11 is 0. The minimum absolute atomic E-state index is 0.0529. The molecule has 2 bridgehead atoms. The molecule has 4 nitrogen and oxygen atoms in total. The molecule has 1 spiro atoms. The van der Waals surface area contributed by atoms with Gasteiger partial charge in [0.05, 0.1) is 19.1 Å². The van der Waals surface area contributed by atoms with Gasteiger partial charge in [0.1, 0.15) is 0 Å². The lowest BCUT2D eigenvalue weighted by Gasteiger charge is -2.54. The van der Waals surface area contributed by atoms with Crippen LogP contribution in [0.5, 0.6) is 0 Å². The van der Waals surface area contributed by atoms with E-state index in [4.69, 9.17) is 4.74 Å². The second kappa shape index (κ2) is 4.85. The topological polar surface area (TPSA) is 41.6 Å². The summed E-state index contributed by atoms with van der Waals surface area (Å²) in [4.78, 5) is 15.4. The summed E-state index contributed by atoms with van der Waals surface area (Å²) in [5, 5.41) is 3.74. The average Bonchev–Trinajstić information content (AvgIpc) is 3.17. The van der Waals surface area contributed by atoms with E-state index in [1.807, 2.05) is 0 Å². The van der Waals surface area contributed by atoms with E-state index in [1.165, 1.54) is 23.9 Å². The fourth-order valence-corrected chi connectivity index (χ4v) is 6.19. The molecule has 3 heterocycles. The molecule has 0 aromatic heterocycles. The van der Waals surface area contributed by atoms with Crippen molar-refractivity contribution in [3.05, 3.63) is 41.5 Å². The molecular formula is C20H24N2O2. The number of carbonyl (C=O) groups excluding carboxylic acids is 1. The van der Waals surface area contributed by atoms with Crippen LogP contribution in [0.2, 0.25) is 0 Å². The Labute approximate surface area is 142 Å². The molecule has 24 heavy (non-hydrogen) atoms. The molecule has 1 aromatic carbocycles. The maximum atomic E-state index is 12.8. The van der Waals surface area contributed by atoms with Crippen LogP contribution in [0.15, 0.2) is 35.9 Å². The summed E-state index contributed by atoms with van der Waals surface area (Å²) in [6.45, 7) is 4.24. The normalized spacial score (nSPS) is 40.8. The van der Waals surface area contributed by atoms with E-state index in [-0.39, 0.29) is 23.3 Å². The molecule has 1 aliphatic carbocycles. The number of carbonyl (C=O) groups is 1. The third-order valence-electron chi connectivity index (χ3n) is 7.12. The number of rotatable bonds is 1. The first-order valence-corrected chi connectivity index (χ1v) is 9.03. The third kappa shape index (κ3) is 1.55. The summed E-state index contributed by atoms with van der Waals surface area (Å²) in [6.07, 6.45) is 4.43. The predicted octanol–water partition coefficient (Wildman–Crippen LogP) is 2.56. The highest BCUT2D eigenvalue weighted by atomic mass is 16.5. The molecule has 0 radical (unpaired) electrons. The maximum absolute atomic E-state index is 12.8. The first-order valence-electron chi connectivity index (χ1n) is 9.03. The van der Waals surface area contributed by atoms with Crippen LogP contribution in [-0.4, -0.2) is 43.2 Å². The molecule has 4 heteroatoms. The van der Waals surface area contributed by atoms with Gasteiger partial charge >= 0.3 is 5.97 Å². The van der Waals surface area contributed by atoms with Gasteiger partial charge in [-0.05, 0) is 43.9 Å². The van der Waals surface area contributed by atoms with Gasteiger partial charge in [0, 0.05) is 23.7 Å². The zero-order valence-electron chi connectivity index (χ0n) is 14.3. The number of nitrogens with zero attached hydrogens (tertiary/aromatic N) is 1. The minimum Gasteiger partial charge on any atom is -0.469 e. The van der Waals surface area contributed by atoms with E-state index in [9.17, 15) is 4.79 Å². The summed E-state index contributed by atoms with van der Waals surface area (Å²) in [7, 11) is 1.53. The van der Waals surface area contributed by atoms with Crippen LogP contribution in [0.4, 0.5) is 5.69 Å². The van der Waals surface area contributed by atoms with Crippen molar-refractivity contribution < 1.29 is 9.53 Å². The molecule has 4 aliphatic rings. The molecule has 0 amide bonds. The molecule has 0 unspecified atom stereocenters. The molecule has 2 saturated heterocycles. The van der Waals surface area contributed by atoms with Crippen LogP contribution in [0, 0.1) is 11.8 Å². The molecule has 3 fully saturated rings. The van der Waals surface area contributed by atoms with Crippen molar-refractivity contribution in [2.24, 2.45) is 11.8 Å². The predicted molar refractivity (Wildman–Crippen MR) is 92.9 cm³/mol. The Morgan fingerprint density at radius 2 is 2.25 bits per heavy atom. The van der Waals surface area contributed by atoms with E-state index in [2.05, 4.69) is 47.5 Å². The van der Waals surface area contributed by atoms with Crippen molar-refractivity contribution in [3.8, 4) is 0 Å². The van der Waals surface area contributed by atoms with Gasteiger partial charge in [0.2, 0.25) is 0 Å². The zero-order valence-corrected chi connectivity index (χ0v) is 14.3. The van der Waals surface area contributed by atoms with Gasteiger partial charge in [-0.1, -0.05) is 29.8 Å². The Morgan fingerprint density at radius 3 is 3.04 bits per heavy atom. The SMILES string of the molecule is C/C=C1/CN2CC[C@]34c5ccccc5N[C@H]3[C@H](C(=O)OC)[C@H]1C[C@H]24. The lowest BCUT2D eigenvalue weighted by molar-refractivity contribution is -0.151. The van der Waals surface area contributed by atoms with Gasteiger partial charge < -0.3 is 10.1 Å². The van der Waals surface area contributed by atoms with E-state index < -0.39 is 0 Å². The quantitative estimate of drug-likeness (QED) is 0.637. The van der Waals surface area contributed by atoms with Crippen LogP contribution in [0.1, 0.15) is 25.3 Å². The Hall–Kier alpha value is -1.81. The summed E-state index contributed by atoms with van der Waals surface area (Å²) in [5.41, 5.74) is 4.10. The fourth-order valence-electron chi connectivity index (χ4n) is 6.19. The Balaban J connectivity index is 1.71. The molecule has 5 rings (SSSR count). The monoisotopic (exact) mass is 324 g/mol. The molecular weight excluding hydrogens is 300 g/mol. The largest absolute Gasteiger partial charge is 0.469 e. The van der Waals surface area contributed by atoms with Gasteiger partial charge in [-0.3, -0.25) is 9.69 Å². The molecule has 1 saturated carbocycles. The number of nitrogens with one attached hydrogen (secondary N) is 1. The Kier molecular flexibility index (Phi) is 2.94. The lowest BCUT2D eigenvalue weighted by Crippen LogP contribution is -2.63. The van der Waals surface area contributed by atoms with Crippen molar-refractivity contribution in [1.29, 1.82) is 0 Å². The first kappa shape index (κ1) is 14.5. The number of esters is 1. The van der Waals surface area contributed by atoms with Crippen molar-refractivity contribution >= 4 is 11.7 Å². The Morgan fingerprint density at radius 1 is 1.42 bits per heavy atom. The van der Waals surface area contributed by atoms with Crippen LogP contribution in [0.25, 0.3) is 0 Å². The van der Waals surface area contributed by atoms with Gasteiger partial charge in [-0.15, -0.1) is 0 Å². The average molecular weight is 324 g/mol. The molecule has 3 aliphatic heterocycles. The number of hydrogen-bond acceptors (Lipinski definition) is 4. The van der Waals surface area contributed by atoms with Crippen molar-refractivity contribution in [2.75, 3.05) is 25.5 Å². The third-order valence-corrected chi connectivity index (χ3v) is 7.12. The fraction of sp³-hybridized carbons (Fsp3) is 0.550. The smallest absolute Gasteiger partial charge is 0.311 e. The second-order valence-electron chi connectivity index (χ2n) is 7.70. The number of fused-ring (bicyclic) bond motifs is 2. The number of benzene rings is 1. The molecule has 1 N–H and O–H groups in total. The highest BCUT2D eigenvalue weighted by Gasteiger charge is 2.66. The first-order chi connectivity index (χ1) is 11.7. The highest BCUT2D eigenvalue weighted by molar-refractivity contribution is 5.78. The van der Waals surface area contributed by atoms with Crippen LogP contribution < -0.4 is 5.32 Å². The van der Waals surface area contributed by atoms with Gasteiger partial charge in [-0.2, -0.15) is 0 Å². The number of methoxy groups -OCH3 is 1. The van der Waals surface area contributed by atoms with Gasteiger partial charge in [-0.25, -0.2) is 0 Å². The lowest BCUT2D eigenvalue weighted by atomic mass is 9.55. The minimum atomic E-state index is -0.0925. The van der Waals surface area contributed by atoms with Crippen molar-refractivity contribution in [3.63, 3.8) is 0 Å². The molecule has 126 valence electrons. The number of hydrogen-bond donors (Lipinski definition) is 1. The maximum Gasteiger partial charge on any atom is 0.311 e.